The van der Waals surface area contributed by atoms with Crippen molar-refractivity contribution in [2.45, 2.75) is 44.4 Å². The summed E-state index contributed by atoms with van der Waals surface area (Å²) in [5.41, 5.74) is 4.51. The van der Waals surface area contributed by atoms with Gasteiger partial charge in [0.2, 0.25) is 0 Å². The fraction of sp³-hybridized carbons (Fsp3) is 0.500. The van der Waals surface area contributed by atoms with Gasteiger partial charge in [-0.2, -0.15) is 5.26 Å². The minimum atomic E-state index is 0.591. The average molecular weight is 232 g/mol. The summed E-state index contributed by atoms with van der Waals surface area (Å²) in [5.74, 6) is 1.20. The smallest absolute Gasteiger partial charge is 0.0994 e. The van der Waals surface area contributed by atoms with Crippen LogP contribution in [0.1, 0.15) is 59.8 Å². The highest BCUT2D eigenvalue weighted by Crippen LogP contribution is 2.53. The topological polar surface area (TPSA) is 23.8 Å². The third-order valence-corrected chi connectivity index (χ3v) is 4.69. The SMILES string of the molecule is Cc1cc(C#N)c2c(c1Cl)C1CCC2CC1. The quantitative estimate of drug-likeness (QED) is 0.654. The molecule has 1 fully saturated rings. The van der Waals surface area contributed by atoms with Crippen molar-refractivity contribution in [3.05, 3.63) is 33.3 Å². The maximum atomic E-state index is 9.24. The highest BCUT2D eigenvalue weighted by Gasteiger charge is 2.36. The molecule has 82 valence electrons. The monoisotopic (exact) mass is 231 g/mol. The molecule has 0 saturated heterocycles. The first-order valence-corrected chi connectivity index (χ1v) is 6.33. The fourth-order valence-electron chi connectivity index (χ4n) is 3.44. The van der Waals surface area contributed by atoms with Crippen molar-refractivity contribution in [1.82, 2.24) is 0 Å². The number of aryl methyl sites for hydroxylation is 1. The molecule has 16 heavy (non-hydrogen) atoms. The lowest BCUT2D eigenvalue weighted by molar-refractivity contribution is 0.358. The van der Waals surface area contributed by atoms with Gasteiger partial charge in [-0.25, -0.2) is 0 Å². The van der Waals surface area contributed by atoms with E-state index in [1.54, 1.807) is 0 Å². The number of rotatable bonds is 0. The Morgan fingerprint density at radius 2 is 1.75 bits per heavy atom. The van der Waals surface area contributed by atoms with Gasteiger partial charge in [-0.15, -0.1) is 0 Å². The van der Waals surface area contributed by atoms with Gasteiger partial charge in [0.25, 0.3) is 0 Å². The van der Waals surface area contributed by atoms with Crippen LogP contribution in [0.4, 0.5) is 0 Å². The van der Waals surface area contributed by atoms with Gasteiger partial charge in [0.1, 0.15) is 0 Å². The highest BCUT2D eigenvalue weighted by molar-refractivity contribution is 6.32. The molecule has 0 unspecified atom stereocenters. The van der Waals surface area contributed by atoms with Gasteiger partial charge < -0.3 is 0 Å². The number of benzene rings is 1. The lowest BCUT2D eigenvalue weighted by Crippen LogP contribution is -2.23. The van der Waals surface area contributed by atoms with Crippen molar-refractivity contribution in [2.24, 2.45) is 0 Å². The molecule has 1 aromatic rings. The molecule has 0 radical (unpaired) electrons. The summed E-state index contributed by atoms with van der Waals surface area (Å²) >= 11 is 6.42. The Labute approximate surface area is 101 Å². The zero-order chi connectivity index (χ0) is 11.3. The van der Waals surface area contributed by atoms with Crippen LogP contribution in [0, 0.1) is 18.3 Å². The van der Waals surface area contributed by atoms with Crippen LogP contribution in [0.3, 0.4) is 0 Å². The van der Waals surface area contributed by atoms with Gasteiger partial charge >= 0.3 is 0 Å². The van der Waals surface area contributed by atoms with E-state index in [0.717, 1.165) is 16.1 Å². The fourth-order valence-corrected chi connectivity index (χ4v) is 3.75. The second-order valence-corrected chi connectivity index (χ2v) is 5.42. The number of nitriles is 1. The van der Waals surface area contributed by atoms with E-state index >= 15 is 0 Å². The van der Waals surface area contributed by atoms with Gasteiger partial charge in [0, 0.05) is 5.02 Å². The van der Waals surface area contributed by atoms with Gasteiger partial charge in [-0.3, -0.25) is 0 Å². The molecule has 2 heteroatoms. The molecule has 1 saturated carbocycles. The van der Waals surface area contributed by atoms with E-state index in [2.05, 4.69) is 6.07 Å². The van der Waals surface area contributed by atoms with Gasteiger partial charge in [0.15, 0.2) is 0 Å². The summed E-state index contributed by atoms with van der Waals surface area (Å²) in [5, 5.41) is 10.2. The summed E-state index contributed by atoms with van der Waals surface area (Å²) in [6.45, 7) is 2.01. The molecule has 2 bridgehead atoms. The second kappa shape index (κ2) is 3.50. The van der Waals surface area contributed by atoms with Crippen LogP contribution >= 0.6 is 11.6 Å². The minimum Gasteiger partial charge on any atom is -0.192 e. The molecule has 0 heterocycles. The molecule has 1 aromatic carbocycles. The van der Waals surface area contributed by atoms with Crippen molar-refractivity contribution >= 4 is 11.6 Å². The Kier molecular flexibility index (Phi) is 2.23. The van der Waals surface area contributed by atoms with E-state index in [9.17, 15) is 5.26 Å². The van der Waals surface area contributed by atoms with Crippen molar-refractivity contribution in [3.8, 4) is 6.07 Å². The van der Waals surface area contributed by atoms with E-state index in [1.165, 1.54) is 36.8 Å². The van der Waals surface area contributed by atoms with Crippen LogP contribution in [0.25, 0.3) is 0 Å². The van der Waals surface area contributed by atoms with Crippen LogP contribution in [-0.4, -0.2) is 0 Å². The third kappa shape index (κ3) is 1.23. The van der Waals surface area contributed by atoms with E-state index < -0.39 is 0 Å². The van der Waals surface area contributed by atoms with Crippen LogP contribution in [0.2, 0.25) is 5.02 Å². The Balaban J connectivity index is 2.33. The number of hydrogen-bond acceptors (Lipinski definition) is 1. The molecular weight excluding hydrogens is 218 g/mol. The summed E-state index contributed by atoms with van der Waals surface area (Å²) in [7, 11) is 0. The molecule has 1 nitrogen and oxygen atoms in total. The summed E-state index contributed by atoms with van der Waals surface area (Å²) in [4.78, 5) is 0. The predicted octanol–water partition coefficient (Wildman–Crippen LogP) is 4.27. The standard InChI is InChI=1S/C14H14ClN/c1-8-6-11(7-16)12-9-2-4-10(5-3-9)13(12)14(8)15/h6,9-10H,2-5H2,1H3. The molecule has 4 rings (SSSR count). The lowest BCUT2D eigenvalue weighted by Gasteiger charge is -2.39. The second-order valence-electron chi connectivity index (χ2n) is 5.04. The van der Waals surface area contributed by atoms with Gasteiger partial charge in [0.05, 0.1) is 11.6 Å². The minimum absolute atomic E-state index is 0.591. The van der Waals surface area contributed by atoms with Crippen molar-refractivity contribution in [3.63, 3.8) is 0 Å². The average Bonchev–Trinajstić information content (AvgIpc) is 2.34. The zero-order valence-electron chi connectivity index (χ0n) is 9.39. The number of halogens is 1. The summed E-state index contributed by atoms with van der Waals surface area (Å²) < 4.78 is 0. The predicted molar refractivity (Wildman–Crippen MR) is 64.9 cm³/mol. The lowest BCUT2D eigenvalue weighted by atomic mass is 9.65. The van der Waals surface area contributed by atoms with Crippen molar-refractivity contribution < 1.29 is 0 Å². The maximum absolute atomic E-state index is 9.24. The van der Waals surface area contributed by atoms with E-state index in [1.807, 2.05) is 13.0 Å². The molecule has 0 N–H and O–H groups in total. The van der Waals surface area contributed by atoms with Gasteiger partial charge in [-0.1, -0.05) is 11.6 Å². The molecule has 0 aromatic heterocycles. The Hall–Kier alpha value is -1.000. The van der Waals surface area contributed by atoms with Crippen molar-refractivity contribution in [1.29, 1.82) is 5.26 Å². The Morgan fingerprint density at radius 3 is 2.31 bits per heavy atom. The molecule has 0 atom stereocenters. The zero-order valence-corrected chi connectivity index (χ0v) is 10.1. The Bertz CT molecular complexity index is 490. The maximum Gasteiger partial charge on any atom is 0.0994 e. The molecule has 0 spiro atoms. The van der Waals surface area contributed by atoms with Crippen LogP contribution in [-0.2, 0) is 0 Å². The summed E-state index contributed by atoms with van der Waals surface area (Å²) in [6.07, 6.45) is 4.99. The first kappa shape index (κ1) is 10.2. The molecule has 0 amide bonds. The van der Waals surface area contributed by atoms with Crippen LogP contribution < -0.4 is 0 Å². The van der Waals surface area contributed by atoms with Crippen LogP contribution in [0.5, 0.6) is 0 Å². The van der Waals surface area contributed by atoms with E-state index in [-0.39, 0.29) is 0 Å². The molecule has 3 aliphatic carbocycles. The third-order valence-electron chi connectivity index (χ3n) is 4.19. The van der Waals surface area contributed by atoms with E-state index in [0.29, 0.717) is 11.8 Å². The van der Waals surface area contributed by atoms with Crippen molar-refractivity contribution in [2.75, 3.05) is 0 Å². The van der Waals surface area contributed by atoms with Gasteiger partial charge in [-0.05, 0) is 67.2 Å². The summed E-state index contributed by atoms with van der Waals surface area (Å²) in [6, 6.07) is 4.31. The highest BCUT2D eigenvalue weighted by atomic mass is 35.5. The Morgan fingerprint density at radius 1 is 1.19 bits per heavy atom. The number of nitrogens with zero attached hydrogens (tertiary/aromatic N) is 1. The van der Waals surface area contributed by atoms with Crippen LogP contribution in [0.15, 0.2) is 6.07 Å². The number of hydrogen-bond donors (Lipinski definition) is 0. The first-order chi connectivity index (χ1) is 7.72. The van der Waals surface area contributed by atoms with E-state index in [4.69, 9.17) is 11.6 Å². The normalized spacial score (nSPS) is 26.3. The molecular formula is C14H14ClN. The first-order valence-electron chi connectivity index (χ1n) is 5.95. The molecule has 3 aliphatic rings. The number of fused-ring (bicyclic) bond motifs is 2. The largest absolute Gasteiger partial charge is 0.192 e. The molecule has 0 aliphatic heterocycles.